The summed E-state index contributed by atoms with van der Waals surface area (Å²) >= 11 is 0. The lowest BCUT2D eigenvalue weighted by Crippen LogP contribution is -2.22. The molecule has 4 atom stereocenters. The van der Waals surface area contributed by atoms with Gasteiger partial charge in [0.25, 0.3) is 0 Å². The van der Waals surface area contributed by atoms with Crippen LogP contribution < -0.4 is 0 Å². The molecule has 2 fully saturated rings. The van der Waals surface area contributed by atoms with Crippen LogP contribution in [0.1, 0.15) is 23.3 Å². The zero-order chi connectivity index (χ0) is 12.6. The molecule has 2 saturated heterocycles. The first-order chi connectivity index (χ1) is 9.33. The number of rotatable bonds is 0. The van der Waals surface area contributed by atoms with Crippen LogP contribution in [0.3, 0.4) is 0 Å². The van der Waals surface area contributed by atoms with Crippen molar-refractivity contribution < 1.29 is 14.3 Å². The monoisotopic (exact) mass is 252 g/mol. The number of fused-ring (bicyclic) bond motifs is 9. The molecule has 3 nitrogen and oxygen atoms in total. The summed E-state index contributed by atoms with van der Waals surface area (Å²) in [5, 5.41) is 2.44. The van der Waals surface area contributed by atoms with Crippen LogP contribution in [0.5, 0.6) is 0 Å². The van der Waals surface area contributed by atoms with E-state index < -0.39 is 0 Å². The Balaban J connectivity index is 1.76. The third kappa shape index (κ3) is 1.10. The quantitative estimate of drug-likeness (QED) is 0.676. The smallest absolute Gasteiger partial charge is 0.312 e. The second-order valence-electron chi connectivity index (χ2n) is 5.63. The van der Waals surface area contributed by atoms with Crippen molar-refractivity contribution in [1.29, 1.82) is 0 Å². The average Bonchev–Trinajstić information content (AvgIpc) is 3.08. The van der Waals surface area contributed by atoms with Crippen LogP contribution in [-0.2, 0) is 14.3 Å². The summed E-state index contributed by atoms with van der Waals surface area (Å²) in [6.45, 7) is 0.511. The maximum absolute atomic E-state index is 11.8. The largest absolute Gasteiger partial charge is 0.465 e. The van der Waals surface area contributed by atoms with Crippen molar-refractivity contribution >= 4 is 16.7 Å². The molecule has 0 aromatic heterocycles. The molecule has 0 spiro atoms. The standard InChI is InChI=1S/C16H12O3/c17-16-13-12(7-18-16)14-10-5-8-3-1-2-4-9(8)6-11(10)15(13)19-14/h1-6,12-15H,7H2. The fourth-order valence-electron chi connectivity index (χ4n) is 3.86. The fourth-order valence-corrected chi connectivity index (χ4v) is 3.86. The highest BCUT2D eigenvalue weighted by atomic mass is 16.6. The van der Waals surface area contributed by atoms with Gasteiger partial charge >= 0.3 is 5.97 Å². The molecule has 3 heteroatoms. The summed E-state index contributed by atoms with van der Waals surface area (Å²) < 4.78 is 11.3. The van der Waals surface area contributed by atoms with Gasteiger partial charge in [-0.25, -0.2) is 0 Å². The van der Waals surface area contributed by atoms with Gasteiger partial charge in [0, 0.05) is 5.92 Å². The lowest BCUT2D eigenvalue weighted by molar-refractivity contribution is -0.144. The van der Waals surface area contributed by atoms with Crippen LogP contribution in [0.2, 0.25) is 0 Å². The fraction of sp³-hybridized carbons (Fsp3) is 0.312. The number of ether oxygens (including phenoxy) is 2. The Morgan fingerprint density at radius 1 is 1.00 bits per heavy atom. The van der Waals surface area contributed by atoms with Crippen molar-refractivity contribution in [3.8, 4) is 0 Å². The number of benzene rings is 2. The highest BCUT2D eigenvalue weighted by Gasteiger charge is 2.59. The Labute approximate surface area is 110 Å². The van der Waals surface area contributed by atoms with E-state index in [-0.39, 0.29) is 30.0 Å². The van der Waals surface area contributed by atoms with E-state index in [2.05, 4.69) is 24.3 Å². The Bertz CT molecular complexity index is 721. The number of cyclic esters (lactones) is 1. The molecule has 0 aliphatic carbocycles. The summed E-state index contributed by atoms with van der Waals surface area (Å²) in [5.41, 5.74) is 2.44. The Kier molecular flexibility index (Phi) is 1.67. The van der Waals surface area contributed by atoms with Crippen molar-refractivity contribution in [3.63, 3.8) is 0 Å². The predicted octanol–water partition coefficient (Wildman–Crippen LogP) is 2.76. The van der Waals surface area contributed by atoms with Gasteiger partial charge in [0.2, 0.25) is 0 Å². The van der Waals surface area contributed by atoms with Crippen LogP contribution in [0.25, 0.3) is 10.8 Å². The third-order valence-corrected chi connectivity index (χ3v) is 4.72. The average molecular weight is 252 g/mol. The van der Waals surface area contributed by atoms with E-state index in [9.17, 15) is 4.79 Å². The Morgan fingerprint density at radius 2 is 1.68 bits per heavy atom. The molecule has 0 saturated carbocycles. The molecule has 2 aromatic rings. The Morgan fingerprint density at radius 3 is 2.42 bits per heavy atom. The highest BCUT2D eigenvalue weighted by Crippen LogP contribution is 2.59. The molecule has 3 aliphatic heterocycles. The number of esters is 1. The molecule has 4 unspecified atom stereocenters. The molecule has 0 amide bonds. The van der Waals surface area contributed by atoms with Crippen molar-refractivity contribution in [1.82, 2.24) is 0 Å². The molecule has 0 radical (unpaired) electrons. The van der Waals surface area contributed by atoms with Gasteiger partial charge in [-0.3, -0.25) is 4.79 Å². The van der Waals surface area contributed by atoms with Crippen molar-refractivity contribution in [3.05, 3.63) is 47.5 Å². The molecular formula is C16H12O3. The summed E-state index contributed by atoms with van der Waals surface area (Å²) in [4.78, 5) is 11.8. The summed E-state index contributed by atoms with van der Waals surface area (Å²) in [5.74, 6) is 0.0427. The van der Waals surface area contributed by atoms with Crippen molar-refractivity contribution in [2.45, 2.75) is 12.2 Å². The summed E-state index contributed by atoms with van der Waals surface area (Å²) in [7, 11) is 0. The lowest BCUT2D eigenvalue weighted by atomic mass is 9.77. The maximum atomic E-state index is 11.8. The maximum Gasteiger partial charge on any atom is 0.312 e. The van der Waals surface area contributed by atoms with E-state index in [1.54, 1.807) is 0 Å². The Hall–Kier alpha value is -1.87. The van der Waals surface area contributed by atoms with Crippen LogP contribution in [0.4, 0.5) is 0 Å². The highest BCUT2D eigenvalue weighted by molar-refractivity contribution is 5.86. The SMILES string of the molecule is O=C1OCC2C3OC(c4cc5ccccc5cc43)C12. The number of carbonyl (C=O) groups excluding carboxylic acids is 1. The van der Waals surface area contributed by atoms with Gasteiger partial charge < -0.3 is 9.47 Å². The zero-order valence-electron chi connectivity index (χ0n) is 10.2. The van der Waals surface area contributed by atoms with E-state index >= 15 is 0 Å². The van der Waals surface area contributed by atoms with Crippen LogP contribution in [0, 0.1) is 11.8 Å². The van der Waals surface area contributed by atoms with E-state index in [1.807, 2.05) is 12.1 Å². The molecule has 3 aliphatic rings. The molecule has 2 aromatic carbocycles. The van der Waals surface area contributed by atoms with Gasteiger partial charge in [0.15, 0.2) is 0 Å². The van der Waals surface area contributed by atoms with E-state index in [0.29, 0.717) is 6.61 Å². The molecule has 19 heavy (non-hydrogen) atoms. The number of hydrogen-bond donors (Lipinski definition) is 0. The van der Waals surface area contributed by atoms with Gasteiger partial charge in [0.05, 0.1) is 24.7 Å². The number of carbonyl (C=O) groups is 1. The molecule has 3 heterocycles. The van der Waals surface area contributed by atoms with E-state index in [0.717, 1.165) is 0 Å². The molecule has 0 N–H and O–H groups in total. The van der Waals surface area contributed by atoms with E-state index in [4.69, 9.17) is 9.47 Å². The van der Waals surface area contributed by atoms with Gasteiger partial charge in [0.1, 0.15) is 0 Å². The zero-order valence-corrected chi connectivity index (χ0v) is 10.2. The second-order valence-corrected chi connectivity index (χ2v) is 5.63. The molecule has 5 rings (SSSR count). The first kappa shape index (κ1) is 9.98. The van der Waals surface area contributed by atoms with Gasteiger partial charge in [-0.05, 0) is 34.0 Å². The van der Waals surface area contributed by atoms with Gasteiger partial charge in [-0.15, -0.1) is 0 Å². The molecular weight excluding hydrogens is 240 g/mol. The van der Waals surface area contributed by atoms with Crippen LogP contribution in [0.15, 0.2) is 36.4 Å². The van der Waals surface area contributed by atoms with E-state index in [1.165, 1.54) is 21.9 Å². The van der Waals surface area contributed by atoms with Crippen molar-refractivity contribution in [2.75, 3.05) is 6.61 Å². The van der Waals surface area contributed by atoms with Crippen LogP contribution >= 0.6 is 0 Å². The second kappa shape index (κ2) is 3.17. The summed E-state index contributed by atoms with van der Waals surface area (Å²) in [6.07, 6.45) is -0.0503. The third-order valence-electron chi connectivity index (χ3n) is 4.72. The first-order valence-corrected chi connectivity index (χ1v) is 6.67. The minimum absolute atomic E-state index is 0.0426. The predicted molar refractivity (Wildman–Crippen MR) is 68.5 cm³/mol. The summed E-state index contributed by atoms with van der Waals surface area (Å²) in [6, 6.07) is 12.7. The topological polar surface area (TPSA) is 35.5 Å². The van der Waals surface area contributed by atoms with Gasteiger partial charge in [-0.2, -0.15) is 0 Å². The first-order valence-electron chi connectivity index (χ1n) is 6.67. The lowest BCUT2D eigenvalue weighted by Gasteiger charge is -2.20. The van der Waals surface area contributed by atoms with Gasteiger partial charge in [-0.1, -0.05) is 24.3 Å². The normalized spacial score (nSPS) is 34.4. The van der Waals surface area contributed by atoms with Crippen LogP contribution in [-0.4, -0.2) is 12.6 Å². The number of hydrogen-bond acceptors (Lipinski definition) is 3. The molecule has 94 valence electrons. The minimum Gasteiger partial charge on any atom is -0.465 e. The molecule has 2 bridgehead atoms. The minimum atomic E-state index is -0.0930. The van der Waals surface area contributed by atoms with Crippen molar-refractivity contribution in [2.24, 2.45) is 11.8 Å².